The van der Waals surface area contributed by atoms with Gasteiger partial charge in [0.2, 0.25) is 0 Å². The van der Waals surface area contributed by atoms with Crippen molar-refractivity contribution in [2.45, 2.75) is 26.2 Å². The Balaban J connectivity index is 0. The Morgan fingerprint density at radius 1 is 1.25 bits per heavy atom. The number of unbranched alkanes of at least 4 members (excludes halogenated alkanes) is 1. The minimum atomic E-state index is -1.56. The molecule has 0 saturated carbocycles. The minimum Gasteiger partial charge on any atom is -0.549 e. The fourth-order valence-corrected chi connectivity index (χ4v) is 0.740. The number of aliphatic carboxylic acids is 2. The van der Waals surface area contributed by atoms with E-state index in [0.717, 1.165) is 6.42 Å². The minimum absolute atomic E-state index is 0. The van der Waals surface area contributed by atoms with Crippen molar-refractivity contribution in [3.63, 3.8) is 0 Å². The fraction of sp³-hybridized carbons (Fsp3) is 0.714. The normalized spacial score (nSPS) is 9.17. The van der Waals surface area contributed by atoms with Gasteiger partial charge in [0.1, 0.15) is 0 Å². The van der Waals surface area contributed by atoms with Crippen molar-refractivity contribution >= 4 is 60.8 Å². The van der Waals surface area contributed by atoms with E-state index in [1.54, 1.807) is 0 Å². The van der Waals surface area contributed by atoms with E-state index in [4.69, 9.17) is 0 Å². The molecule has 12 heavy (non-hydrogen) atoms. The molecular formula is C7H10BaO4. The molecule has 5 heteroatoms. The molecule has 0 aromatic rings. The van der Waals surface area contributed by atoms with Gasteiger partial charge in [-0.1, -0.05) is 19.8 Å². The second-order valence-electron chi connectivity index (χ2n) is 2.33. The first-order valence-corrected chi connectivity index (χ1v) is 3.51. The van der Waals surface area contributed by atoms with E-state index in [0.29, 0.717) is 6.42 Å². The van der Waals surface area contributed by atoms with Crippen LogP contribution in [0.1, 0.15) is 26.2 Å². The summed E-state index contributed by atoms with van der Waals surface area (Å²) >= 11 is 0. The number of carbonyl (C=O) groups is 2. The van der Waals surface area contributed by atoms with E-state index in [9.17, 15) is 19.8 Å². The monoisotopic (exact) mass is 296 g/mol. The zero-order valence-corrected chi connectivity index (χ0v) is 11.5. The number of rotatable bonds is 5. The number of carbonyl (C=O) groups excluding carboxylic acids is 2. The van der Waals surface area contributed by atoms with Crippen molar-refractivity contribution in [3.05, 3.63) is 0 Å². The fourth-order valence-electron chi connectivity index (χ4n) is 0.740. The molecule has 0 spiro atoms. The zero-order valence-electron chi connectivity index (χ0n) is 7.04. The summed E-state index contributed by atoms with van der Waals surface area (Å²) < 4.78 is 0. The van der Waals surface area contributed by atoms with Crippen LogP contribution in [0.4, 0.5) is 0 Å². The van der Waals surface area contributed by atoms with Gasteiger partial charge in [-0.15, -0.1) is 0 Å². The summed E-state index contributed by atoms with van der Waals surface area (Å²) in [6, 6.07) is 0. The summed E-state index contributed by atoms with van der Waals surface area (Å²) in [7, 11) is 0. The molecule has 0 radical (unpaired) electrons. The molecule has 0 aliphatic rings. The van der Waals surface area contributed by atoms with Crippen molar-refractivity contribution in [2.75, 3.05) is 0 Å². The topological polar surface area (TPSA) is 80.3 Å². The van der Waals surface area contributed by atoms with E-state index in [1.807, 2.05) is 6.92 Å². The van der Waals surface area contributed by atoms with E-state index in [1.165, 1.54) is 0 Å². The van der Waals surface area contributed by atoms with Gasteiger partial charge in [-0.2, -0.15) is 0 Å². The van der Waals surface area contributed by atoms with Crippen LogP contribution < -0.4 is 10.2 Å². The van der Waals surface area contributed by atoms with Gasteiger partial charge in [0.15, 0.2) is 0 Å². The van der Waals surface area contributed by atoms with Crippen LogP contribution in [0, 0.1) is 5.92 Å². The molecule has 0 aliphatic heterocycles. The van der Waals surface area contributed by atoms with Crippen LogP contribution in [0.5, 0.6) is 0 Å². The molecule has 4 nitrogen and oxygen atoms in total. The molecule has 64 valence electrons. The Hall–Kier alpha value is 0.511. The Labute approximate surface area is 111 Å². The second kappa shape index (κ2) is 8.13. The molecule has 0 fully saturated rings. The molecule has 0 aromatic heterocycles. The maximum Gasteiger partial charge on any atom is 2.00 e. The number of carboxylic acids is 2. The van der Waals surface area contributed by atoms with E-state index < -0.39 is 17.9 Å². The van der Waals surface area contributed by atoms with E-state index in [2.05, 4.69) is 0 Å². The molecule has 0 aromatic carbocycles. The van der Waals surface area contributed by atoms with Crippen LogP contribution in [0.25, 0.3) is 0 Å². The van der Waals surface area contributed by atoms with Crippen molar-refractivity contribution < 1.29 is 19.8 Å². The Kier molecular flexibility index (Phi) is 10.2. The van der Waals surface area contributed by atoms with Crippen molar-refractivity contribution in [1.29, 1.82) is 0 Å². The van der Waals surface area contributed by atoms with Gasteiger partial charge >= 0.3 is 48.9 Å². The van der Waals surface area contributed by atoms with Crippen molar-refractivity contribution in [1.82, 2.24) is 0 Å². The van der Waals surface area contributed by atoms with Crippen LogP contribution in [-0.4, -0.2) is 60.8 Å². The Morgan fingerprint density at radius 2 is 1.67 bits per heavy atom. The molecule has 0 atom stereocenters. The molecule has 0 saturated heterocycles. The largest absolute Gasteiger partial charge is 2.00 e. The first-order valence-electron chi connectivity index (χ1n) is 3.51. The van der Waals surface area contributed by atoms with Crippen molar-refractivity contribution in [2.24, 2.45) is 5.92 Å². The smallest absolute Gasteiger partial charge is 0.549 e. The Bertz CT molecular complexity index is 143. The van der Waals surface area contributed by atoms with Gasteiger partial charge in [0.25, 0.3) is 0 Å². The number of carboxylic acid groups (broad SMARTS) is 2. The van der Waals surface area contributed by atoms with Crippen LogP contribution in [-0.2, 0) is 9.59 Å². The standard InChI is InChI=1S/C7H12O4.Ba/c1-2-3-4-5(6(8)9)7(10)11;/h5H,2-4H2,1H3,(H,8,9)(H,10,11);/q;+2/p-2. The van der Waals surface area contributed by atoms with E-state index in [-0.39, 0.29) is 55.3 Å². The third-order valence-electron chi connectivity index (χ3n) is 1.42. The quantitative estimate of drug-likeness (QED) is 0.430. The molecule has 0 bridgehead atoms. The van der Waals surface area contributed by atoms with Crippen LogP contribution in [0.15, 0.2) is 0 Å². The Morgan fingerprint density at radius 3 is 1.92 bits per heavy atom. The molecule has 0 aliphatic carbocycles. The first-order chi connectivity index (χ1) is 5.09. The molecule has 0 heterocycles. The van der Waals surface area contributed by atoms with Crippen molar-refractivity contribution in [3.8, 4) is 0 Å². The van der Waals surface area contributed by atoms with Crippen LogP contribution >= 0.6 is 0 Å². The summed E-state index contributed by atoms with van der Waals surface area (Å²) in [4.78, 5) is 20.2. The van der Waals surface area contributed by atoms with Gasteiger partial charge in [-0.05, 0) is 6.42 Å². The van der Waals surface area contributed by atoms with Crippen LogP contribution in [0.3, 0.4) is 0 Å². The first kappa shape index (κ1) is 15.0. The summed E-state index contributed by atoms with van der Waals surface area (Å²) in [5.41, 5.74) is 0. The van der Waals surface area contributed by atoms with Gasteiger partial charge < -0.3 is 19.8 Å². The molecule has 0 unspecified atom stereocenters. The van der Waals surface area contributed by atoms with E-state index >= 15 is 0 Å². The molecule has 0 amide bonds. The van der Waals surface area contributed by atoms with Gasteiger partial charge in [-0.25, -0.2) is 0 Å². The third kappa shape index (κ3) is 6.07. The predicted molar refractivity (Wildman–Crippen MR) is 38.8 cm³/mol. The molecular weight excluding hydrogens is 285 g/mol. The number of hydrogen-bond acceptors (Lipinski definition) is 4. The SMILES string of the molecule is CCCCC(C(=O)[O-])C(=O)[O-].[Ba+2]. The maximum absolute atomic E-state index is 10.1. The third-order valence-corrected chi connectivity index (χ3v) is 1.42. The van der Waals surface area contributed by atoms with Gasteiger partial charge in [-0.3, -0.25) is 0 Å². The average Bonchev–Trinajstić information content (AvgIpc) is 1.87. The summed E-state index contributed by atoms with van der Waals surface area (Å²) in [5, 5.41) is 20.2. The van der Waals surface area contributed by atoms with Gasteiger partial charge in [0.05, 0.1) is 11.9 Å². The maximum atomic E-state index is 10.1. The zero-order chi connectivity index (χ0) is 8.85. The molecule has 0 N–H and O–H groups in total. The molecule has 0 rings (SSSR count). The summed E-state index contributed by atoms with van der Waals surface area (Å²) in [5.74, 6) is -4.56. The van der Waals surface area contributed by atoms with Crippen LogP contribution in [0.2, 0.25) is 0 Å². The summed E-state index contributed by atoms with van der Waals surface area (Å²) in [6.45, 7) is 1.85. The van der Waals surface area contributed by atoms with Gasteiger partial charge in [0, 0.05) is 5.92 Å². The average molecular weight is 295 g/mol. The predicted octanol–water partition coefficient (Wildman–Crippen LogP) is -2.09. The second-order valence-corrected chi connectivity index (χ2v) is 2.33. The number of hydrogen-bond donors (Lipinski definition) is 0. The summed E-state index contributed by atoms with van der Waals surface area (Å²) in [6.07, 6.45) is 1.42.